The van der Waals surface area contributed by atoms with Crippen LogP contribution in [-0.4, -0.2) is 41.9 Å². The molecule has 0 aliphatic rings. The van der Waals surface area contributed by atoms with E-state index < -0.39 is 6.10 Å². The fourth-order valence-corrected chi connectivity index (χ4v) is 1.88. The van der Waals surface area contributed by atoms with Gasteiger partial charge in [0.25, 0.3) is 0 Å². The van der Waals surface area contributed by atoms with Gasteiger partial charge in [-0.05, 0) is 12.1 Å². The van der Waals surface area contributed by atoms with Crippen LogP contribution in [0.1, 0.15) is 10.4 Å². The average Bonchev–Trinajstić information content (AvgIpc) is 2.56. The molecule has 0 saturated carbocycles. The molecule has 1 atom stereocenters. The summed E-state index contributed by atoms with van der Waals surface area (Å²) in [6.45, 7) is -0.261. The van der Waals surface area contributed by atoms with Gasteiger partial charge in [0.1, 0.15) is 19.3 Å². The van der Waals surface area contributed by atoms with Crippen LogP contribution in [0.4, 0.5) is 5.69 Å². The predicted molar refractivity (Wildman–Crippen MR) is 85.6 cm³/mol. The molecule has 0 heterocycles. The highest BCUT2D eigenvalue weighted by Gasteiger charge is 2.11. The Balaban J connectivity index is 1.72. The Kier molecular flexibility index (Phi) is 5.96. The molecule has 0 radical (unpaired) electrons. The van der Waals surface area contributed by atoms with E-state index in [2.05, 4.69) is 0 Å². The molecule has 23 heavy (non-hydrogen) atoms. The fourth-order valence-electron chi connectivity index (χ4n) is 1.88. The molecule has 6 nitrogen and oxygen atoms in total. The lowest BCUT2D eigenvalue weighted by Gasteiger charge is -2.13. The first-order valence-corrected chi connectivity index (χ1v) is 7.11. The van der Waals surface area contributed by atoms with Gasteiger partial charge < -0.3 is 25.4 Å². The Morgan fingerprint density at radius 2 is 1.87 bits per heavy atom. The van der Waals surface area contributed by atoms with Gasteiger partial charge in [-0.25, -0.2) is 0 Å². The number of nitrogens with two attached hydrogens (primary N) is 1. The maximum Gasteiger partial charge on any atom is 0.188 e. The second-order valence-corrected chi connectivity index (χ2v) is 5.00. The molecule has 6 heteroatoms. The molecule has 2 aromatic rings. The van der Waals surface area contributed by atoms with Crippen molar-refractivity contribution in [3.63, 3.8) is 0 Å². The summed E-state index contributed by atoms with van der Waals surface area (Å²) in [5.41, 5.74) is 6.59. The molecular weight excluding hydrogens is 298 g/mol. The maximum atomic E-state index is 11.8. The summed E-state index contributed by atoms with van der Waals surface area (Å²) in [5, 5.41) is 19.4. The zero-order valence-electron chi connectivity index (χ0n) is 12.5. The first-order valence-electron chi connectivity index (χ1n) is 7.11. The number of hydrogen-bond donors (Lipinski definition) is 3. The number of ketones is 1. The summed E-state index contributed by atoms with van der Waals surface area (Å²) < 4.78 is 10.5. The van der Waals surface area contributed by atoms with Gasteiger partial charge in [-0.1, -0.05) is 30.3 Å². The standard InChI is InChI=1S/C17H19NO5/c18-13-6-7-15(20)17(8-13)23-10-14(19)9-22-11-16(21)12-4-2-1-3-5-12/h1-8,14,19-20H,9-11,18H2. The van der Waals surface area contributed by atoms with E-state index in [-0.39, 0.29) is 37.1 Å². The topological polar surface area (TPSA) is 102 Å². The Hall–Kier alpha value is -2.57. The lowest BCUT2D eigenvalue weighted by Crippen LogP contribution is -2.25. The van der Waals surface area contributed by atoms with Gasteiger partial charge in [-0.15, -0.1) is 0 Å². The number of hydrogen-bond acceptors (Lipinski definition) is 6. The number of anilines is 1. The van der Waals surface area contributed by atoms with Gasteiger partial charge in [0.15, 0.2) is 17.3 Å². The molecule has 0 spiro atoms. The summed E-state index contributed by atoms with van der Waals surface area (Å²) >= 11 is 0. The maximum absolute atomic E-state index is 11.8. The highest BCUT2D eigenvalue weighted by atomic mass is 16.5. The van der Waals surface area contributed by atoms with Crippen molar-refractivity contribution in [2.45, 2.75) is 6.10 Å². The molecule has 0 aliphatic heterocycles. The minimum absolute atomic E-state index is 0.0539. The van der Waals surface area contributed by atoms with Crippen molar-refractivity contribution in [3.8, 4) is 11.5 Å². The van der Waals surface area contributed by atoms with Crippen LogP contribution in [-0.2, 0) is 4.74 Å². The Morgan fingerprint density at radius 1 is 1.13 bits per heavy atom. The van der Waals surface area contributed by atoms with Gasteiger partial charge in [-0.2, -0.15) is 0 Å². The van der Waals surface area contributed by atoms with Gasteiger partial charge in [0.05, 0.1) is 6.61 Å². The van der Waals surface area contributed by atoms with Crippen molar-refractivity contribution >= 4 is 11.5 Å². The Morgan fingerprint density at radius 3 is 2.61 bits per heavy atom. The van der Waals surface area contributed by atoms with E-state index in [9.17, 15) is 15.0 Å². The zero-order valence-corrected chi connectivity index (χ0v) is 12.5. The molecule has 1 unspecified atom stereocenters. The van der Waals surface area contributed by atoms with Crippen LogP contribution in [0.25, 0.3) is 0 Å². The number of aromatic hydroxyl groups is 1. The van der Waals surface area contributed by atoms with Crippen molar-refractivity contribution in [2.75, 3.05) is 25.6 Å². The van der Waals surface area contributed by atoms with E-state index >= 15 is 0 Å². The largest absolute Gasteiger partial charge is 0.504 e. The number of aliphatic hydroxyl groups excluding tert-OH is 1. The summed E-state index contributed by atoms with van der Waals surface area (Å²) in [4.78, 5) is 11.8. The summed E-state index contributed by atoms with van der Waals surface area (Å²) in [6, 6.07) is 13.2. The predicted octanol–water partition coefficient (Wildman–Crippen LogP) is 1.61. The van der Waals surface area contributed by atoms with Crippen molar-refractivity contribution in [2.24, 2.45) is 0 Å². The average molecular weight is 317 g/mol. The van der Waals surface area contributed by atoms with E-state index in [0.717, 1.165) is 0 Å². The first-order chi connectivity index (χ1) is 11.1. The Bertz CT molecular complexity index is 645. The van der Waals surface area contributed by atoms with Crippen molar-refractivity contribution in [1.82, 2.24) is 0 Å². The molecule has 2 aromatic carbocycles. The van der Waals surface area contributed by atoms with E-state index in [4.69, 9.17) is 15.2 Å². The highest BCUT2D eigenvalue weighted by molar-refractivity contribution is 5.96. The Labute approximate surface area is 134 Å². The molecule has 122 valence electrons. The molecule has 0 bridgehead atoms. The number of phenolic OH excluding ortho intramolecular Hbond substituents is 1. The van der Waals surface area contributed by atoms with Crippen LogP contribution >= 0.6 is 0 Å². The molecule has 0 saturated heterocycles. The number of benzene rings is 2. The first kappa shape index (κ1) is 16.8. The van der Waals surface area contributed by atoms with E-state index in [0.29, 0.717) is 11.3 Å². The zero-order chi connectivity index (χ0) is 16.7. The number of rotatable bonds is 8. The number of carbonyl (C=O) groups is 1. The summed E-state index contributed by atoms with van der Waals surface area (Å²) in [6.07, 6.45) is -0.931. The van der Waals surface area contributed by atoms with E-state index in [1.165, 1.54) is 18.2 Å². The fraction of sp³-hybridized carbons (Fsp3) is 0.235. The van der Waals surface area contributed by atoms with Crippen LogP contribution in [0.5, 0.6) is 11.5 Å². The van der Waals surface area contributed by atoms with Crippen LogP contribution < -0.4 is 10.5 Å². The highest BCUT2D eigenvalue weighted by Crippen LogP contribution is 2.27. The minimum atomic E-state index is -0.931. The van der Waals surface area contributed by atoms with Gasteiger partial charge in [-0.3, -0.25) is 4.79 Å². The number of carbonyl (C=O) groups excluding carboxylic acids is 1. The SMILES string of the molecule is Nc1ccc(O)c(OCC(O)COCC(=O)c2ccccc2)c1. The van der Waals surface area contributed by atoms with Gasteiger partial charge >= 0.3 is 0 Å². The van der Waals surface area contributed by atoms with Crippen LogP contribution in [0.3, 0.4) is 0 Å². The summed E-state index contributed by atoms with van der Waals surface area (Å²) in [5.74, 6) is -0.0387. The van der Waals surface area contributed by atoms with Crippen LogP contribution in [0.2, 0.25) is 0 Å². The van der Waals surface area contributed by atoms with Crippen molar-refractivity contribution < 1.29 is 24.5 Å². The third-order valence-electron chi connectivity index (χ3n) is 3.05. The van der Waals surface area contributed by atoms with Crippen LogP contribution in [0.15, 0.2) is 48.5 Å². The van der Waals surface area contributed by atoms with Gasteiger partial charge in [0, 0.05) is 17.3 Å². The number of ether oxygens (including phenoxy) is 2. The van der Waals surface area contributed by atoms with E-state index in [1.54, 1.807) is 24.3 Å². The summed E-state index contributed by atoms with van der Waals surface area (Å²) in [7, 11) is 0. The molecule has 0 aromatic heterocycles. The molecule has 0 amide bonds. The van der Waals surface area contributed by atoms with Crippen LogP contribution in [0, 0.1) is 0 Å². The monoisotopic (exact) mass is 317 g/mol. The molecule has 0 aliphatic carbocycles. The minimum Gasteiger partial charge on any atom is -0.504 e. The number of aliphatic hydroxyl groups is 1. The van der Waals surface area contributed by atoms with E-state index in [1.807, 2.05) is 6.07 Å². The quantitative estimate of drug-likeness (QED) is 0.388. The smallest absolute Gasteiger partial charge is 0.188 e. The molecule has 0 fully saturated rings. The number of Topliss-reactive ketones (excluding diaryl/α,β-unsaturated/α-hetero) is 1. The third kappa shape index (κ3) is 5.28. The van der Waals surface area contributed by atoms with Crippen molar-refractivity contribution in [1.29, 1.82) is 0 Å². The lowest BCUT2D eigenvalue weighted by molar-refractivity contribution is 0.0140. The molecular formula is C17H19NO5. The molecule has 4 N–H and O–H groups in total. The second kappa shape index (κ2) is 8.17. The second-order valence-electron chi connectivity index (χ2n) is 5.00. The lowest BCUT2D eigenvalue weighted by atomic mass is 10.1. The number of phenols is 1. The normalized spacial score (nSPS) is 11.9. The molecule has 2 rings (SSSR count). The number of nitrogen functional groups attached to an aromatic ring is 1. The third-order valence-corrected chi connectivity index (χ3v) is 3.05. The van der Waals surface area contributed by atoms with Gasteiger partial charge in [0.2, 0.25) is 0 Å². The van der Waals surface area contributed by atoms with Crippen molar-refractivity contribution in [3.05, 3.63) is 54.1 Å².